The third-order valence-corrected chi connectivity index (χ3v) is 6.55. The van der Waals surface area contributed by atoms with Gasteiger partial charge >= 0.3 is 6.09 Å². The molecule has 1 aromatic carbocycles. The number of anilines is 1. The number of fused-ring (bicyclic) bond motifs is 6. The zero-order valence-corrected chi connectivity index (χ0v) is 18.0. The fraction of sp³-hybridized carbons (Fsp3) is 0.591. The fourth-order valence-electron chi connectivity index (χ4n) is 5.00. The van der Waals surface area contributed by atoms with E-state index in [1.807, 2.05) is 0 Å². The minimum atomic E-state index is -1.91. The van der Waals surface area contributed by atoms with Gasteiger partial charge in [0.2, 0.25) is 11.7 Å². The number of primary amides is 1. The van der Waals surface area contributed by atoms with E-state index in [-0.39, 0.29) is 42.0 Å². The molecule has 0 aliphatic carbocycles. The van der Waals surface area contributed by atoms with Crippen LogP contribution in [0.2, 0.25) is 0 Å². The fourth-order valence-corrected chi connectivity index (χ4v) is 5.00. The molecular formula is C22H29N3O7. The largest absolute Gasteiger partial charge is 0.508 e. The standard InChI is InChI=1S/C22H29N3O7/c1-2-3-4-5-6-7-18(28)25-16-10-24-15-8-13(11-26)9-17(27)19(15)14(12-31-21(23)29)22(30,32-24)20(16)25/h8-9,11,14,16,20,27,30H,2-7,10,12H2,1H3,(H2,23,29). The number of carbonyl (C=O) groups is 3. The SMILES string of the molecule is CCCCCCCC(=O)N1C2CN3OC(O)(C(COC(N)=O)c4c(O)cc(C=O)cc43)C21. The molecule has 32 heavy (non-hydrogen) atoms. The van der Waals surface area contributed by atoms with Crippen LogP contribution in [-0.2, 0) is 14.4 Å². The molecule has 3 heterocycles. The number of benzene rings is 1. The average Bonchev–Trinajstić information content (AvgIpc) is 3.48. The molecule has 0 aromatic heterocycles. The lowest BCUT2D eigenvalue weighted by Crippen LogP contribution is -2.59. The molecule has 0 spiro atoms. The highest BCUT2D eigenvalue weighted by Crippen LogP contribution is 2.56. The Kier molecular flexibility index (Phi) is 6.00. The molecule has 2 fully saturated rings. The summed E-state index contributed by atoms with van der Waals surface area (Å²) < 4.78 is 4.97. The van der Waals surface area contributed by atoms with Gasteiger partial charge in [-0.3, -0.25) is 9.59 Å². The molecule has 0 saturated carbocycles. The molecule has 3 aliphatic heterocycles. The number of phenolic OH excluding ortho intramolecular Hbond substituents is 1. The molecule has 2 amide bonds. The van der Waals surface area contributed by atoms with Crippen molar-refractivity contribution in [1.29, 1.82) is 0 Å². The number of nitrogens with zero attached hydrogens (tertiary/aromatic N) is 2. The maximum absolute atomic E-state index is 12.9. The minimum Gasteiger partial charge on any atom is -0.508 e. The molecule has 10 heteroatoms. The van der Waals surface area contributed by atoms with E-state index in [0.717, 1.165) is 32.1 Å². The maximum Gasteiger partial charge on any atom is 0.404 e. The van der Waals surface area contributed by atoms with Crippen LogP contribution in [0.4, 0.5) is 10.5 Å². The predicted molar refractivity (Wildman–Crippen MR) is 113 cm³/mol. The molecule has 4 N–H and O–H groups in total. The predicted octanol–water partition coefficient (Wildman–Crippen LogP) is 1.78. The number of hydrogen-bond acceptors (Lipinski definition) is 8. The summed E-state index contributed by atoms with van der Waals surface area (Å²) in [5.74, 6) is -3.22. The van der Waals surface area contributed by atoms with Gasteiger partial charge in [0.1, 0.15) is 24.7 Å². The van der Waals surface area contributed by atoms with Crippen molar-refractivity contribution >= 4 is 24.0 Å². The number of hydroxylamine groups is 1. The number of phenols is 1. The zero-order valence-electron chi connectivity index (χ0n) is 18.0. The van der Waals surface area contributed by atoms with Gasteiger partial charge in [0.05, 0.1) is 24.2 Å². The summed E-state index contributed by atoms with van der Waals surface area (Å²) in [5.41, 5.74) is 6.01. The van der Waals surface area contributed by atoms with E-state index < -0.39 is 23.8 Å². The Hall–Kier alpha value is -2.85. The molecule has 3 aliphatic rings. The van der Waals surface area contributed by atoms with Gasteiger partial charge in [-0.25, -0.2) is 14.7 Å². The Morgan fingerprint density at radius 3 is 2.75 bits per heavy atom. The Labute approximate surface area is 185 Å². The molecule has 2 bridgehead atoms. The molecule has 4 rings (SSSR count). The van der Waals surface area contributed by atoms with Gasteiger partial charge in [-0.1, -0.05) is 32.6 Å². The third kappa shape index (κ3) is 3.77. The molecule has 4 atom stereocenters. The number of amides is 2. The molecule has 2 saturated heterocycles. The summed E-state index contributed by atoms with van der Waals surface area (Å²) in [6.07, 6.45) is 5.02. The van der Waals surface area contributed by atoms with Crippen LogP contribution >= 0.6 is 0 Å². The topological polar surface area (TPSA) is 142 Å². The monoisotopic (exact) mass is 447 g/mol. The summed E-state index contributed by atoms with van der Waals surface area (Å²) >= 11 is 0. The van der Waals surface area contributed by atoms with Gasteiger partial charge in [-0.15, -0.1) is 0 Å². The van der Waals surface area contributed by atoms with Crippen LogP contribution < -0.4 is 10.8 Å². The third-order valence-electron chi connectivity index (χ3n) is 6.55. The first-order chi connectivity index (χ1) is 15.3. The van der Waals surface area contributed by atoms with E-state index >= 15 is 0 Å². The summed E-state index contributed by atoms with van der Waals surface area (Å²) in [6, 6.07) is 1.88. The lowest BCUT2D eigenvalue weighted by atomic mass is 9.82. The number of nitrogens with two attached hydrogens (primary N) is 1. The van der Waals surface area contributed by atoms with Crippen molar-refractivity contribution < 1.29 is 34.2 Å². The number of aromatic hydroxyl groups is 1. The first kappa shape index (κ1) is 22.3. The number of carbonyl (C=O) groups excluding carboxylic acids is 3. The van der Waals surface area contributed by atoms with Crippen molar-refractivity contribution in [3.63, 3.8) is 0 Å². The van der Waals surface area contributed by atoms with Crippen LogP contribution in [-0.4, -0.2) is 64.4 Å². The van der Waals surface area contributed by atoms with Crippen molar-refractivity contribution in [3.8, 4) is 5.75 Å². The van der Waals surface area contributed by atoms with Gasteiger partial charge in [0.25, 0.3) is 0 Å². The first-order valence-corrected chi connectivity index (χ1v) is 11.1. The van der Waals surface area contributed by atoms with Crippen LogP contribution in [0.5, 0.6) is 5.75 Å². The van der Waals surface area contributed by atoms with E-state index in [0.29, 0.717) is 18.4 Å². The molecule has 0 radical (unpaired) electrons. The Bertz CT molecular complexity index is 923. The van der Waals surface area contributed by atoms with Crippen LogP contribution in [0.15, 0.2) is 12.1 Å². The quantitative estimate of drug-likeness (QED) is 0.295. The van der Waals surface area contributed by atoms with Crippen molar-refractivity contribution in [3.05, 3.63) is 23.3 Å². The summed E-state index contributed by atoms with van der Waals surface area (Å²) in [6.45, 7) is 2.06. The number of aliphatic hydroxyl groups is 1. The summed E-state index contributed by atoms with van der Waals surface area (Å²) in [5, 5.41) is 23.6. The van der Waals surface area contributed by atoms with Crippen LogP contribution in [0, 0.1) is 0 Å². The van der Waals surface area contributed by atoms with Crippen molar-refractivity contribution in [2.45, 2.75) is 69.2 Å². The molecular weight excluding hydrogens is 418 g/mol. The second kappa shape index (κ2) is 8.59. The number of unbranched alkanes of at least 4 members (excludes halogenated alkanes) is 4. The van der Waals surface area contributed by atoms with Gasteiger partial charge in [0, 0.05) is 17.5 Å². The summed E-state index contributed by atoms with van der Waals surface area (Å²) in [7, 11) is 0. The highest BCUT2D eigenvalue weighted by Gasteiger charge is 2.71. The lowest BCUT2D eigenvalue weighted by Gasteiger charge is -2.47. The van der Waals surface area contributed by atoms with Crippen LogP contribution in [0.1, 0.15) is 67.3 Å². The van der Waals surface area contributed by atoms with E-state index in [1.54, 1.807) is 4.90 Å². The van der Waals surface area contributed by atoms with Crippen molar-refractivity contribution in [2.75, 3.05) is 18.2 Å². The Morgan fingerprint density at radius 2 is 2.06 bits per heavy atom. The van der Waals surface area contributed by atoms with E-state index in [2.05, 4.69) is 6.92 Å². The van der Waals surface area contributed by atoms with E-state index in [9.17, 15) is 24.6 Å². The van der Waals surface area contributed by atoms with Crippen molar-refractivity contribution in [2.24, 2.45) is 5.73 Å². The van der Waals surface area contributed by atoms with Gasteiger partial charge in [0.15, 0.2) is 0 Å². The van der Waals surface area contributed by atoms with E-state index in [4.69, 9.17) is 15.3 Å². The number of ether oxygens (including phenoxy) is 1. The molecule has 10 nitrogen and oxygen atoms in total. The molecule has 4 unspecified atom stereocenters. The van der Waals surface area contributed by atoms with Gasteiger partial charge in [-0.05, 0) is 18.6 Å². The normalized spacial score (nSPS) is 27.4. The Morgan fingerprint density at radius 1 is 1.31 bits per heavy atom. The lowest BCUT2D eigenvalue weighted by molar-refractivity contribution is -0.250. The second-order valence-electron chi connectivity index (χ2n) is 8.65. The minimum absolute atomic E-state index is 0.0706. The molecule has 174 valence electrons. The highest BCUT2D eigenvalue weighted by atomic mass is 16.8. The average molecular weight is 447 g/mol. The smallest absolute Gasteiger partial charge is 0.404 e. The van der Waals surface area contributed by atoms with Crippen molar-refractivity contribution in [1.82, 2.24) is 4.90 Å². The summed E-state index contributed by atoms with van der Waals surface area (Å²) in [4.78, 5) is 42.9. The number of rotatable bonds is 9. The van der Waals surface area contributed by atoms with Crippen LogP contribution in [0.3, 0.4) is 0 Å². The highest BCUT2D eigenvalue weighted by molar-refractivity contribution is 5.83. The van der Waals surface area contributed by atoms with Gasteiger partial charge in [-0.2, -0.15) is 0 Å². The first-order valence-electron chi connectivity index (χ1n) is 11.1. The second-order valence-corrected chi connectivity index (χ2v) is 8.65. The maximum atomic E-state index is 12.9. The number of aldehydes is 1. The van der Waals surface area contributed by atoms with E-state index in [1.165, 1.54) is 17.2 Å². The Balaban J connectivity index is 1.60. The van der Waals surface area contributed by atoms with Crippen LogP contribution in [0.25, 0.3) is 0 Å². The zero-order chi connectivity index (χ0) is 23.0. The molecule has 1 aromatic rings. The number of hydrogen-bond donors (Lipinski definition) is 3. The van der Waals surface area contributed by atoms with Gasteiger partial charge < -0.3 is 25.6 Å².